The highest BCUT2D eigenvalue weighted by Crippen LogP contribution is 2.26. The Morgan fingerprint density at radius 2 is 1.80 bits per heavy atom. The molecule has 3 amide bonds. The number of benzene rings is 1. The molecule has 1 aliphatic heterocycles. The SMILES string of the molecule is Cc1cc(C)c(C2NC(=O)N(CC(=O)O)C2=O)cc1C. The third-order valence-corrected chi connectivity index (χ3v) is 3.51. The second-order valence-corrected chi connectivity index (χ2v) is 4.99. The summed E-state index contributed by atoms with van der Waals surface area (Å²) in [4.78, 5) is 35.3. The van der Waals surface area contributed by atoms with Crippen LogP contribution in [0.3, 0.4) is 0 Å². The van der Waals surface area contributed by atoms with Gasteiger partial charge in [0.25, 0.3) is 5.91 Å². The molecule has 1 fully saturated rings. The van der Waals surface area contributed by atoms with Crippen LogP contribution in [0.25, 0.3) is 0 Å². The molecule has 0 aliphatic carbocycles. The zero-order valence-corrected chi connectivity index (χ0v) is 11.6. The van der Waals surface area contributed by atoms with E-state index in [1.54, 1.807) is 0 Å². The van der Waals surface area contributed by atoms with Gasteiger partial charge in [0.1, 0.15) is 12.6 Å². The van der Waals surface area contributed by atoms with Gasteiger partial charge < -0.3 is 10.4 Å². The zero-order chi connectivity index (χ0) is 15.0. The Hall–Kier alpha value is -2.37. The van der Waals surface area contributed by atoms with E-state index >= 15 is 0 Å². The first kappa shape index (κ1) is 14.0. The van der Waals surface area contributed by atoms with Crippen LogP contribution in [0.4, 0.5) is 4.79 Å². The zero-order valence-electron chi connectivity index (χ0n) is 11.6. The molecule has 6 nitrogen and oxygen atoms in total. The minimum atomic E-state index is -1.22. The normalized spacial score (nSPS) is 18.4. The molecule has 1 aromatic rings. The fourth-order valence-corrected chi connectivity index (χ4v) is 2.31. The molecule has 2 N–H and O–H groups in total. The van der Waals surface area contributed by atoms with Crippen LogP contribution in [-0.4, -0.2) is 34.5 Å². The van der Waals surface area contributed by atoms with Gasteiger partial charge in [-0.15, -0.1) is 0 Å². The van der Waals surface area contributed by atoms with Gasteiger partial charge in [-0.2, -0.15) is 0 Å². The molecule has 1 aromatic carbocycles. The summed E-state index contributed by atoms with van der Waals surface area (Å²) in [5, 5.41) is 11.3. The molecule has 1 atom stereocenters. The maximum Gasteiger partial charge on any atom is 0.325 e. The standard InChI is InChI=1S/C14H16N2O4/c1-7-4-9(3)10(5-8(7)2)12-13(19)16(6-11(17)18)14(20)15-12/h4-5,12H,6H2,1-3H3,(H,15,20)(H,17,18). The summed E-state index contributed by atoms with van der Waals surface area (Å²) in [5.41, 5.74) is 3.72. The van der Waals surface area contributed by atoms with Gasteiger partial charge in [-0.3, -0.25) is 14.5 Å². The van der Waals surface area contributed by atoms with E-state index in [1.165, 1.54) is 0 Å². The number of hydrogen-bond donors (Lipinski definition) is 2. The van der Waals surface area contributed by atoms with Gasteiger partial charge in [0.15, 0.2) is 0 Å². The van der Waals surface area contributed by atoms with Gasteiger partial charge in [-0.05, 0) is 43.0 Å². The number of hydrogen-bond acceptors (Lipinski definition) is 3. The molecule has 1 unspecified atom stereocenters. The lowest BCUT2D eigenvalue weighted by Crippen LogP contribution is -2.35. The number of rotatable bonds is 3. The van der Waals surface area contributed by atoms with Gasteiger partial charge in [0, 0.05) is 0 Å². The number of nitrogens with one attached hydrogen (secondary N) is 1. The van der Waals surface area contributed by atoms with Crippen molar-refractivity contribution in [2.75, 3.05) is 6.54 Å². The van der Waals surface area contributed by atoms with Crippen LogP contribution in [-0.2, 0) is 9.59 Å². The van der Waals surface area contributed by atoms with E-state index < -0.39 is 30.5 Å². The average Bonchev–Trinajstić information content (AvgIpc) is 2.61. The molecular formula is C14H16N2O4. The van der Waals surface area contributed by atoms with E-state index in [4.69, 9.17) is 5.11 Å². The average molecular weight is 276 g/mol. The molecule has 6 heteroatoms. The number of imide groups is 1. The lowest BCUT2D eigenvalue weighted by molar-refractivity contribution is -0.141. The molecule has 1 heterocycles. The predicted molar refractivity (Wildman–Crippen MR) is 71.3 cm³/mol. The van der Waals surface area contributed by atoms with Crippen molar-refractivity contribution < 1.29 is 19.5 Å². The van der Waals surface area contributed by atoms with Crippen LogP contribution in [0.1, 0.15) is 28.3 Å². The number of carboxylic acids is 1. The summed E-state index contributed by atoms with van der Waals surface area (Å²) >= 11 is 0. The second kappa shape index (κ2) is 4.96. The largest absolute Gasteiger partial charge is 0.480 e. The highest BCUT2D eigenvalue weighted by atomic mass is 16.4. The van der Waals surface area contributed by atoms with E-state index in [1.807, 2.05) is 32.9 Å². The number of aliphatic carboxylic acids is 1. The number of carbonyl (C=O) groups is 3. The number of amides is 3. The maximum atomic E-state index is 12.2. The van der Waals surface area contributed by atoms with Crippen molar-refractivity contribution in [2.45, 2.75) is 26.8 Å². The first-order valence-corrected chi connectivity index (χ1v) is 6.22. The fraction of sp³-hybridized carbons (Fsp3) is 0.357. The summed E-state index contributed by atoms with van der Waals surface area (Å²) < 4.78 is 0. The smallest absolute Gasteiger partial charge is 0.325 e. The van der Waals surface area contributed by atoms with Gasteiger partial charge in [-0.1, -0.05) is 12.1 Å². The lowest BCUT2D eigenvalue weighted by atomic mass is 9.96. The van der Waals surface area contributed by atoms with Crippen LogP contribution >= 0.6 is 0 Å². The van der Waals surface area contributed by atoms with Crippen molar-refractivity contribution in [3.63, 3.8) is 0 Å². The summed E-state index contributed by atoms with van der Waals surface area (Å²) in [7, 11) is 0. The summed E-state index contributed by atoms with van der Waals surface area (Å²) in [6.07, 6.45) is 0. The van der Waals surface area contributed by atoms with E-state index in [9.17, 15) is 14.4 Å². The van der Waals surface area contributed by atoms with Gasteiger partial charge in [-0.25, -0.2) is 4.79 Å². The molecule has 106 valence electrons. The number of carboxylic acid groups (broad SMARTS) is 1. The monoisotopic (exact) mass is 276 g/mol. The molecule has 2 rings (SSSR count). The third-order valence-electron chi connectivity index (χ3n) is 3.51. The van der Waals surface area contributed by atoms with E-state index in [0.29, 0.717) is 5.56 Å². The van der Waals surface area contributed by atoms with Crippen molar-refractivity contribution in [3.05, 3.63) is 34.4 Å². The van der Waals surface area contributed by atoms with E-state index in [-0.39, 0.29) is 0 Å². The van der Waals surface area contributed by atoms with Crippen LogP contribution in [0.5, 0.6) is 0 Å². The first-order chi connectivity index (χ1) is 9.31. The van der Waals surface area contributed by atoms with Gasteiger partial charge in [0.2, 0.25) is 0 Å². The minimum Gasteiger partial charge on any atom is -0.480 e. The first-order valence-electron chi connectivity index (χ1n) is 6.22. The van der Waals surface area contributed by atoms with Crippen LogP contribution in [0, 0.1) is 20.8 Å². The van der Waals surface area contributed by atoms with E-state index in [2.05, 4.69) is 5.32 Å². The third kappa shape index (κ3) is 2.36. The molecule has 1 aliphatic rings. The highest BCUT2D eigenvalue weighted by molar-refractivity contribution is 6.06. The molecular weight excluding hydrogens is 260 g/mol. The number of nitrogens with zero attached hydrogens (tertiary/aromatic N) is 1. The summed E-state index contributed by atoms with van der Waals surface area (Å²) in [6.45, 7) is 5.14. The molecule has 0 aromatic heterocycles. The van der Waals surface area contributed by atoms with Crippen molar-refractivity contribution >= 4 is 17.9 Å². The van der Waals surface area contributed by atoms with Crippen molar-refractivity contribution in [2.24, 2.45) is 0 Å². The minimum absolute atomic E-state index is 0.524. The topological polar surface area (TPSA) is 86.7 Å². The Labute approximate surface area is 116 Å². The molecule has 0 spiro atoms. The Morgan fingerprint density at radius 3 is 2.40 bits per heavy atom. The molecule has 1 saturated heterocycles. The van der Waals surface area contributed by atoms with Gasteiger partial charge >= 0.3 is 12.0 Å². The number of urea groups is 1. The molecule has 0 saturated carbocycles. The Morgan fingerprint density at radius 1 is 1.20 bits per heavy atom. The fourth-order valence-electron chi connectivity index (χ4n) is 2.31. The second-order valence-electron chi connectivity index (χ2n) is 4.99. The van der Waals surface area contributed by atoms with Gasteiger partial charge in [0.05, 0.1) is 0 Å². The quantitative estimate of drug-likeness (QED) is 0.814. The summed E-state index contributed by atoms with van der Waals surface area (Å²) in [5.74, 6) is -1.74. The molecule has 0 bridgehead atoms. The Balaban J connectivity index is 2.36. The van der Waals surface area contributed by atoms with Crippen LogP contribution in [0.15, 0.2) is 12.1 Å². The van der Waals surface area contributed by atoms with E-state index in [0.717, 1.165) is 21.6 Å². The highest BCUT2D eigenvalue weighted by Gasteiger charge is 2.40. The Bertz CT molecular complexity index is 609. The number of carbonyl (C=O) groups excluding carboxylic acids is 2. The lowest BCUT2D eigenvalue weighted by Gasteiger charge is -2.14. The number of aryl methyl sites for hydroxylation is 3. The van der Waals surface area contributed by atoms with Crippen molar-refractivity contribution in [3.8, 4) is 0 Å². The summed E-state index contributed by atoms with van der Waals surface area (Å²) in [6, 6.07) is 2.34. The molecule has 20 heavy (non-hydrogen) atoms. The maximum absolute atomic E-state index is 12.2. The molecule has 0 radical (unpaired) electrons. The van der Waals surface area contributed by atoms with Crippen molar-refractivity contribution in [1.82, 2.24) is 10.2 Å². The predicted octanol–water partition coefficient (Wildman–Crippen LogP) is 1.29. The Kier molecular flexibility index (Phi) is 3.48. The van der Waals surface area contributed by atoms with Crippen LogP contribution < -0.4 is 5.32 Å². The van der Waals surface area contributed by atoms with Crippen molar-refractivity contribution in [1.29, 1.82) is 0 Å². The van der Waals surface area contributed by atoms with Crippen LogP contribution in [0.2, 0.25) is 0 Å².